The van der Waals surface area contributed by atoms with Gasteiger partial charge in [0.1, 0.15) is 5.69 Å². The summed E-state index contributed by atoms with van der Waals surface area (Å²) in [5.41, 5.74) is -0.317. The van der Waals surface area contributed by atoms with Gasteiger partial charge in [-0.3, -0.25) is 10.1 Å². The molecule has 0 amide bonds. The van der Waals surface area contributed by atoms with Crippen molar-refractivity contribution in [3.63, 3.8) is 0 Å². The molecule has 1 atom stereocenters. The molecule has 9 nitrogen and oxygen atoms in total. The van der Waals surface area contributed by atoms with Crippen LogP contribution in [0.15, 0.2) is 23.1 Å². The summed E-state index contributed by atoms with van der Waals surface area (Å²) >= 11 is 0. The molecule has 122 valence electrons. The summed E-state index contributed by atoms with van der Waals surface area (Å²) in [6, 6.07) is 3.02. The van der Waals surface area contributed by atoms with E-state index in [0.717, 1.165) is 6.07 Å². The van der Waals surface area contributed by atoms with Gasteiger partial charge < -0.3 is 5.32 Å². The largest absolute Gasteiger partial charge is 0.376 e. The summed E-state index contributed by atoms with van der Waals surface area (Å²) in [5, 5.41) is 13.9. The molecule has 1 aromatic carbocycles. The molecule has 0 radical (unpaired) electrons. The van der Waals surface area contributed by atoms with Gasteiger partial charge in [-0.15, -0.1) is 0 Å². The average molecular weight is 349 g/mol. The Kier molecular flexibility index (Phi) is 4.40. The first kappa shape index (κ1) is 16.6. The van der Waals surface area contributed by atoms with Crippen LogP contribution >= 0.6 is 0 Å². The Morgan fingerprint density at radius 2 is 2.05 bits per heavy atom. The number of nitro benzene ring substituents is 1. The van der Waals surface area contributed by atoms with E-state index in [-0.39, 0.29) is 22.1 Å². The molecule has 11 heteroatoms. The zero-order valence-corrected chi connectivity index (χ0v) is 13.3. The summed E-state index contributed by atoms with van der Waals surface area (Å²) in [7, 11) is -5.71. The third kappa shape index (κ3) is 3.54. The van der Waals surface area contributed by atoms with Gasteiger partial charge in [-0.1, -0.05) is 0 Å². The predicted molar refractivity (Wildman–Crippen MR) is 80.0 cm³/mol. The number of sulfone groups is 1. The molecule has 1 heterocycles. The van der Waals surface area contributed by atoms with Crippen molar-refractivity contribution in [1.82, 2.24) is 4.72 Å². The Hall–Kier alpha value is -1.72. The molecule has 0 aromatic heterocycles. The highest BCUT2D eigenvalue weighted by Gasteiger charge is 2.30. The summed E-state index contributed by atoms with van der Waals surface area (Å²) in [6.45, 7) is 0. The van der Waals surface area contributed by atoms with Crippen LogP contribution in [0.4, 0.5) is 11.4 Å². The highest BCUT2D eigenvalue weighted by atomic mass is 32.2. The third-order valence-corrected chi connectivity index (χ3v) is 6.52. The van der Waals surface area contributed by atoms with E-state index in [1.165, 1.54) is 19.2 Å². The quantitative estimate of drug-likeness (QED) is 0.568. The Labute approximate surface area is 127 Å². The second-order valence-corrected chi connectivity index (χ2v) is 9.00. The fourth-order valence-electron chi connectivity index (χ4n) is 2.20. The first-order valence-corrected chi connectivity index (χ1v) is 9.64. The zero-order chi connectivity index (χ0) is 16.5. The van der Waals surface area contributed by atoms with E-state index in [9.17, 15) is 26.9 Å². The standard InChI is InChI=1S/C11H15N3O6S2/c1-12-22(19,20)9-2-3-10(11(6-9)14(15)16)13-8-4-5-21(17,18)7-8/h2-3,6,8,12-13H,4-5,7H2,1H3/t8-/m0/s1. The number of anilines is 1. The van der Waals surface area contributed by atoms with Crippen LogP contribution < -0.4 is 10.0 Å². The van der Waals surface area contributed by atoms with Crippen LogP contribution in [0.2, 0.25) is 0 Å². The van der Waals surface area contributed by atoms with Gasteiger partial charge in [-0.05, 0) is 25.6 Å². The van der Waals surface area contributed by atoms with Crippen LogP contribution in [-0.4, -0.2) is 46.4 Å². The van der Waals surface area contributed by atoms with E-state index in [2.05, 4.69) is 10.0 Å². The van der Waals surface area contributed by atoms with Crippen molar-refractivity contribution in [2.75, 3.05) is 23.9 Å². The smallest absolute Gasteiger partial charge is 0.293 e. The van der Waals surface area contributed by atoms with Gasteiger partial charge in [0.2, 0.25) is 10.0 Å². The number of rotatable bonds is 5. The maximum absolute atomic E-state index is 11.7. The van der Waals surface area contributed by atoms with E-state index in [1.54, 1.807) is 0 Å². The van der Waals surface area contributed by atoms with Gasteiger partial charge in [-0.25, -0.2) is 21.6 Å². The van der Waals surface area contributed by atoms with Crippen molar-refractivity contribution in [3.8, 4) is 0 Å². The van der Waals surface area contributed by atoms with E-state index in [1.807, 2.05) is 0 Å². The van der Waals surface area contributed by atoms with Gasteiger partial charge >= 0.3 is 0 Å². The van der Waals surface area contributed by atoms with Crippen LogP contribution in [-0.2, 0) is 19.9 Å². The van der Waals surface area contributed by atoms with Gasteiger partial charge in [0.25, 0.3) is 5.69 Å². The van der Waals surface area contributed by atoms with Crippen LogP contribution in [0.1, 0.15) is 6.42 Å². The van der Waals surface area contributed by atoms with Gasteiger partial charge in [0, 0.05) is 12.1 Å². The number of nitrogens with one attached hydrogen (secondary N) is 2. The zero-order valence-electron chi connectivity index (χ0n) is 11.6. The monoisotopic (exact) mass is 349 g/mol. The van der Waals surface area contributed by atoms with Crippen LogP contribution in [0.25, 0.3) is 0 Å². The maximum Gasteiger partial charge on any atom is 0.293 e. The summed E-state index contributed by atoms with van der Waals surface area (Å²) < 4.78 is 48.3. The lowest BCUT2D eigenvalue weighted by atomic mass is 10.2. The molecule has 22 heavy (non-hydrogen) atoms. The highest BCUT2D eigenvalue weighted by Crippen LogP contribution is 2.29. The minimum Gasteiger partial charge on any atom is -0.376 e. The molecule has 2 rings (SSSR count). The van der Waals surface area contributed by atoms with Crippen molar-refractivity contribution < 1.29 is 21.8 Å². The van der Waals surface area contributed by atoms with Crippen molar-refractivity contribution in [1.29, 1.82) is 0 Å². The SMILES string of the molecule is CNS(=O)(=O)c1ccc(N[C@H]2CCS(=O)(=O)C2)c([N+](=O)[O-])c1. The number of nitro groups is 1. The van der Waals surface area contributed by atoms with Crippen LogP contribution in [0.5, 0.6) is 0 Å². The molecule has 0 bridgehead atoms. The molecule has 1 aromatic rings. The van der Waals surface area contributed by atoms with Gasteiger partial charge in [-0.2, -0.15) is 0 Å². The van der Waals surface area contributed by atoms with Crippen molar-refractivity contribution >= 4 is 31.2 Å². The molecule has 0 spiro atoms. The van der Waals surface area contributed by atoms with E-state index >= 15 is 0 Å². The molecular weight excluding hydrogens is 334 g/mol. The summed E-state index contributed by atoms with van der Waals surface area (Å²) in [4.78, 5) is 10.2. The van der Waals surface area contributed by atoms with Crippen molar-refractivity contribution in [3.05, 3.63) is 28.3 Å². The van der Waals surface area contributed by atoms with E-state index in [4.69, 9.17) is 0 Å². The molecular formula is C11H15N3O6S2. The summed E-state index contributed by atoms with van der Waals surface area (Å²) in [6.07, 6.45) is 0.357. The lowest BCUT2D eigenvalue weighted by Crippen LogP contribution is -2.22. The minimum atomic E-state index is -3.79. The second kappa shape index (κ2) is 5.82. The second-order valence-electron chi connectivity index (χ2n) is 4.89. The van der Waals surface area contributed by atoms with Crippen molar-refractivity contribution in [2.45, 2.75) is 17.4 Å². The number of benzene rings is 1. The van der Waals surface area contributed by atoms with Crippen molar-refractivity contribution in [2.24, 2.45) is 0 Å². The molecule has 1 aliphatic heterocycles. The lowest BCUT2D eigenvalue weighted by Gasteiger charge is -2.13. The normalized spacial score (nSPS) is 20.7. The molecule has 0 saturated carbocycles. The molecule has 1 saturated heterocycles. The lowest BCUT2D eigenvalue weighted by molar-refractivity contribution is -0.384. The molecule has 2 N–H and O–H groups in total. The molecule has 1 aliphatic rings. The number of hydrogen-bond acceptors (Lipinski definition) is 7. The fourth-order valence-corrected chi connectivity index (χ4v) is 4.62. The Morgan fingerprint density at radius 3 is 2.55 bits per heavy atom. The minimum absolute atomic E-state index is 0.0324. The predicted octanol–water partition coefficient (Wildman–Crippen LogP) is 0.102. The maximum atomic E-state index is 11.7. The Morgan fingerprint density at radius 1 is 1.36 bits per heavy atom. The highest BCUT2D eigenvalue weighted by molar-refractivity contribution is 7.91. The number of nitrogens with zero attached hydrogens (tertiary/aromatic N) is 1. The first-order chi connectivity index (χ1) is 10.1. The Balaban J connectivity index is 2.35. The topological polar surface area (TPSA) is 135 Å². The third-order valence-electron chi connectivity index (χ3n) is 3.34. The number of sulfonamides is 1. The summed E-state index contributed by atoms with van der Waals surface area (Å²) in [5.74, 6) is -0.0641. The molecule has 0 unspecified atom stereocenters. The molecule has 0 aliphatic carbocycles. The first-order valence-electron chi connectivity index (χ1n) is 6.33. The van der Waals surface area contributed by atoms with E-state index in [0.29, 0.717) is 6.42 Å². The van der Waals surface area contributed by atoms with Crippen LogP contribution in [0.3, 0.4) is 0 Å². The fraction of sp³-hybridized carbons (Fsp3) is 0.455. The van der Waals surface area contributed by atoms with Gasteiger partial charge in [0.05, 0.1) is 21.3 Å². The van der Waals surface area contributed by atoms with E-state index < -0.39 is 36.5 Å². The Bertz CT molecular complexity index is 803. The van der Waals surface area contributed by atoms with Gasteiger partial charge in [0.15, 0.2) is 9.84 Å². The average Bonchev–Trinajstić information content (AvgIpc) is 2.78. The number of hydrogen-bond donors (Lipinski definition) is 2. The van der Waals surface area contributed by atoms with Crippen LogP contribution in [0, 0.1) is 10.1 Å². The molecule has 1 fully saturated rings.